The lowest BCUT2D eigenvalue weighted by molar-refractivity contribution is -0.119. The summed E-state index contributed by atoms with van der Waals surface area (Å²) >= 11 is 0. The minimum atomic E-state index is -0.495. The largest absolute Gasteiger partial charge is 0.491 e. The van der Waals surface area contributed by atoms with E-state index >= 15 is 0 Å². The van der Waals surface area contributed by atoms with E-state index in [2.05, 4.69) is 0 Å². The molecule has 1 amide bonds. The number of benzene rings is 1. The molecule has 92 valence electrons. The summed E-state index contributed by atoms with van der Waals surface area (Å²) in [5, 5.41) is 9.71. The van der Waals surface area contributed by atoms with Gasteiger partial charge in [0, 0.05) is 0 Å². The van der Waals surface area contributed by atoms with Crippen LogP contribution in [0.1, 0.15) is 19.8 Å². The summed E-state index contributed by atoms with van der Waals surface area (Å²) in [4.78, 5) is 13.6. The van der Waals surface area contributed by atoms with Crippen LogP contribution < -0.4 is 9.64 Å². The van der Waals surface area contributed by atoms with E-state index in [0.717, 1.165) is 5.69 Å². The summed E-state index contributed by atoms with van der Waals surface area (Å²) in [6.45, 7) is 2.62. The number of ether oxygens (including phenoxy) is 1. The summed E-state index contributed by atoms with van der Waals surface area (Å²) in [6, 6.07) is 7.44. The molecular formula is C13H17NO3. The topological polar surface area (TPSA) is 49.8 Å². The number of rotatable bonds is 3. The predicted octanol–water partition coefficient (Wildman–Crippen LogP) is 1.57. The molecule has 0 bridgehead atoms. The molecule has 1 N–H and O–H groups in total. The molecule has 0 fully saturated rings. The van der Waals surface area contributed by atoms with Crippen molar-refractivity contribution in [1.29, 1.82) is 0 Å². The van der Waals surface area contributed by atoms with E-state index in [1.807, 2.05) is 31.2 Å². The second kappa shape index (κ2) is 5.19. The van der Waals surface area contributed by atoms with Gasteiger partial charge in [-0.2, -0.15) is 0 Å². The number of aliphatic hydroxyl groups is 1. The molecule has 0 radical (unpaired) electrons. The Morgan fingerprint density at radius 2 is 2.24 bits per heavy atom. The van der Waals surface area contributed by atoms with Crippen molar-refractivity contribution in [3.05, 3.63) is 24.3 Å². The Kier molecular flexibility index (Phi) is 3.64. The Morgan fingerprint density at radius 1 is 1.47 bits per heavy atom. The number of nitrogens with zero attached hydrogens (tertiary/aromatic N) is 1. The smallest absolute Gasteiger partial charge is 0.230 e. The monoisotopic (exact) mass is 235 g/mol. The van der Waals surface area contributed by atoms with Crippen molar-refractivity contribution >= 4 is 11.6 Å². The van der Waals surface area contributed by atoms with Crippen molar-refractivity contribution in [1.82, 2.24) is 0 Å². The quantitative estimate of drug-likeness (QED) is 0.865. The van der Waals surface area contributed by atoms with Crippen LogP contribution >= 0.6 is 0 Å². The molecule has 17 heavy (non-hydrogen) atoms. The number of β-amino-alcohol motifs (C(OH)–C–C–N with tert-alkyl or cyclic N) is 1. The molecule has 1 aromatic carbocycles. The molecule has 0 aromatic heterocycles. The first-order valence-corrected chi connectivity index (χ1v) is 5.92. The molecule has 0 aliphatic carbocycles. The highest BCUT2D eigenvalue weighted by atomic mass is 16.5. The Bertz CT molecular complexity index is 405. The first-order valence-electron chi connectivity index (χ1n) is 5.92. The average Bonchev–Trinajstić information content (AvgIpc) is 2.50. The first kappa shape index (κ1) is 11.9. The first-order chi connectivity index (χ1) is 8.22. The molecule has 1 atom stereocenters. The van der Waals surface area contributed by atoms with Gasteiger partial charge in [-0.05, 0) is 18.6 Å². The van der Waals surface area contributed by atoms with E-state index in [1.165, 1.54) is 0 Å². The zero-order chi connectivity index (χ0) is 12.3. The van der Waals surface area contributed by atoms with Crippen molar-refractivity contribution in [2.24, 2.45) is 0 Å². The van der Waals surface area contributed by atoms with Gasteiger partial charge in [0.25, 0.3) is 0 Å². The Balaban J connectivity index is 2.30. The van der Waals surface area contributed by atoms with Crippen LogP contribution in [0.4, 0.5) is 5.69 Å². The van der Waals surface area contributed by atoms with E-state index in [4.69, 9.17) is 4.74 Å². The lowest BCUT2D eigenvalue weighted by atomic mass is 10.2. The lowest BCUT2D eigenvalue weighted by Crippen LogP contribution is -2.36. The van der Waals surface area contributed by atoms with E-state index in [9.17, 15) is 9.90 Å². The summed E-state index contributed by atoms with van der Waals surface area (Å²) < 4.78 is 5.52. The molecule has 4 nitrogen and oxygen atoms in total. The van der Waals surface area contributed by atoms with E-state index < -0.39 is 6.10 Å². The third kappa shape index (κ3) is 2.58. The molecule has 4 heteroatoms. The van der Waals surface area contributed by atoms with Crippen molar-refractivity contribution in [2.45, 2.75) is 25.9 Å². The summed E-state index contributed by atoms with van der Waals surface area (Å²) in [5.74, 6) is 0.712. The highest BCUT2D eigenvalue weighted by Crippen LogP contribution is 2.31. The van der Waals surface area contributed by atoms with Gasteiger partial charge in [-0.3, -0.25) is 4.79 Å². The minimum absolute atomic E-state index is 0.00227. The number of para-hydroxylation sites is 2. The van der Waals surface area contributed by atoms with E-state index in [-0.39, 0.29) is 5.91 Å². The molecule has 2 rings (SSSR count). The van der Waals surface area contributed by atoms with Gasteiger partial charge in [0.05, 0.1) is 31.4 Å². The van der Waals surface area contributed by atoms with Gasteiger partial charge < -0.3 is 14.7 Å². The van der Waals surface area contributed by atoms with Gasteiger partial charge in [-0.15, -0.1) is 0 Å². The van der Waals surface area contributed by atoms with Crippen LogP contribution in [0.3, 0.4) is 0 Å². The Hall–Kier alpha value is -1.55. The van der Waals surface area contributed by atoms with Crippen molar-refractivity contribution in [3.8, 4) is 5.75 Å². The number of carbonyl (C=O) groups excluding carboxylic acids is 1. The van der Waals surface area contributed by atoms with E-state index in [1.54, 1.807) is 4.90 Å². The zero-order valence-corrected chi connectivity index (χ0v) is 9.93. The Morgan fingerprint density at radius 3 is 3.00 bits per heavy atom. The third-order valence-corrected chi connectivity index (χ3v) is 2.90. The molecule has 0 saturated heterocycles. The average molecular weight is 235 g/mol. The fourth-order valence-electron chi connectivity index (χ4n) is 1.86. The Labute approximate surface area is 101 Å². The van der Waals surface area contributed by atoms with Crippen molar-refractivity contribution in [3.63, 3.8) is 0 Å². The summed E-state index contributed by atoms with van der Waals surface area (Å²) in [6.07, 6.45) is 0.489. The second-order valence-corrected chi connectivity index (χ2v) is 4.13. The minimum Gasteiger partial charge on any atom is -0.491 e. The number of aliphatic hydroxyl groups excluding tert-OH is 1. The fourth-order valence-corrected chi connectivity index (χ4v) is 1.86. The van der Waals surface area contributed by atoms with E-state index in [0.29, 0.717) is 31.7 Å². The van der Waals surface area contributed by atoms with Gasteiger partial charge in [-0.1, -0.05) is 19.1 Å². The number of carbonyl (C=O) groups is 1. The standard InChI is InChI=1S/C13H17NO3/c1-2-10(15)9-14-11-5-3-4-6-12(11)17-8-7-13(14)16/h3-6,10,15H,2,7-9H2,1H3. The maximum absolute atomic E-state index is 12.0. The van der Waals surface area contributed by atoms with Crippen LogP contribution in [0, 0.1) is 0 Å². The lowest BCUT2D eigenvalue weighted by Gasteiger charge is -2.24. The van der Waals surface area contributed by atoms with Crippen molar-refractivity contribution in [2.75, 3.05) is 18.1 Å². The summed E-state index contributed by atoms with van der Waals surface area (Å²) in [7, 11) is 0. The molecule has 1 aromatic rings. The number of fused-ring (bicyclic) bond motifs is 1. The molecule has 0 saturated carbocycles. The molecule has 1 unspecified atom stereocenters. The number of hydrogen-bond acceptors (Lipinski definition) is 3. The van der Waals surface area contributed by atoms with Crippen LogP contribution in [0.5, 0.6) is 5.75 Å². The van der Waals surface area contributed by atoms with Gasteiger partial charge >= 0.3 is 0 Å². The molecular weight excluding hydrogens is 218 g/mol. The molecule has 1 heterocycles. The summed E-state index contributed by atoms with van der Waals surface area (Å²) in [5.41, 5.74) is 0.752. The van der Waals surface area contributed by atoms with Crippen LogP contribution in [0.15, 0.2) is 24.3 Å². The molecule has 1 aliphatic rings. The highest BCUT2D eigenvalue weighted by Gasteiger charge is 2.24. The van der Waals surface area contributed by atoms with Crippen LogP contribution in [-0.2, 0) is 4.79 Å². The van der Waals surface area contributed by atoms with Crippen LogP contribution in [-0.4, -0.2) is 30.3 Å². The SMILES string of the molecule is CCC(O)CN1C(=O)CCOc2ccccc21. The van der Waals surface area contributed by atoms with Crippen LogP contribution in [0.25, 0.3) is 0 Å². The van der Waals surface area contributed by atoms with Crippen LogP contribution in [0.2, 0.25) is 0 Å². The van der Waals surface area contributed by atoms with Crippen molar-refractivity contribution < 1.29 is 14.6 Å². The highest BCUT2D eigenvalue weighted by molar-refractivity contribution is 5.95. The third-order valence-electron chi connectivity index (χ3n) is 2.90. The fraction of sp³-hybridized carbons (Fsp3) is 0.462. The predicted molar refractivity (Wildman–Crippen MR) is 65.2 cm³/mol. The normalized spacial score (nSPS) is 17.1. The molecule has 1 aliphatic heterocycles. The molecule has 0 spiro atoms. The maximum atomic E-state index is 12.0. The number of amides is 1. The maximum Gasteiger partial charge on any atom is 0.230 e. The van der Waals surface area contributed by atoms with Gasteiger partial charge in [0.15, 0.2) is 0 Å². The zero-order valence-electron chi connectivity index (χ0n) is 9.93. The number of anilines is 1. The van der Waals surface area contributed by atoms with Gasteiger partial charge in [-0.25, -0.2) is 0 Å². The van der Waals surface area contributed by atoms with Gasteiger partial charge in [0.1, 0.15) is 5.75 Å². The van der Waals surface area contributed by atoms with Gasteiger partial charge in [0.2, 0.25) is 5.91 Å². The number of hydrogen-bond donors (Lipinski definition) is 1. The second-order valence-electron chi connectivity index (χ2n) is 4.13.